The van der Waals surface area contributed by atoms with Gasteiger partial charge in [-0.2, -0.15) is 0 Å². The standard InChI is InChI=1S/C17H26O6/c1-2-8-23-9-7-13(18)10-14(12-5-3-4-6-12)15(17(21)22)11-16(19)20/h12H,2-11H2,1H3,(H,19,20)(H,21,22). The van der Waals surface area contributed by atoms with Gasteiger partial charge >= 0.3 is 11.9 Å². The summed E-state index contributed by atoms with van der Waals surface area (Å²) < 4.78 is 5.29. The first-order valence-electron chi connectivity index (χ1n) is 8.22. The molecule has 0 aliphatic heterocycles. The van der Waals surface area contributed by atoms with Crippen LogP contribution in [0.15, 0.2) is 11.1 Å². The van der Waals surface area contributed by atoms with Crippen molar-refractivity contribution in [2.45, 2.75) is 58.3 Å². The predicted octanol–water partition coefficient (Wildman–Crippen LogP) is 2.81. The molecule has 0 aromatic heterocycles. The third-order valence-electron chi connectivity index (χ3n) is 4.08. The number of hydrogen-bond acceptors (Lipinski definition) is 4. The summed E-state index contributed by atoms with van der Waals surface area (Å²) in [4.78, 5) is 34.5. The Morgan fingerprint density at radius 1 is 1.04 bits per heavy atom. The molecule has 0 saturated heterocycles. The molecule has 1 aliphatic carbocycles. The smallest absolute Gasteiger partial charge is 0.332 e. The van der Waals surface area contributed by atoms with Gasteiger partial charge in [0.2, 0.25) is 0 Å². The Balaban J connectivity index is 2.84. The van der Waals surface area contributed by atoms with Crippen molar-refractivity contribution < 1.29 is 29.3 Å². The molecule has 0 unspecified atom stereocenters. The van der Waals surface area contributed by atoms with Gasteiger partial charge in [0.25, 0.3) is 0 Å². The summed E-state index contributed by atoms with van der Waals surface area (Å²) >= 11 is 0. The average molecular weight is 326 g/mol. The summed E-state index contributed by atoms with van der Waals surface area (Å²) in [5, 5.41) is 18.3. The molecule has 0 aromatic rings. The van der Waals surface area contributed by atoms with Gasteiger partial charge in [0.1, 0.15) is 5.78 Å². The Morgan fingerprint density at radius 3 is 2.22 bits per heavy atom. The first kappa shape index (κ1) is 19.4. The van der Waals surface area contributed by atoms with E-state index in [1.165, 1.54) is 0 Å². The van der Waals surface area contributed by atoms with Crippen molar-refractivity contribution in [2.75, 3.05) is 13.2 Å². The summed E-state index contributed by atoms with van der Waals surface area (Å²) in [6, 6.07) is 0. The second-order valence-electron chi connectivity index (χ2n) is 5.94. The van der Waals surface area contributed by atoms with E-state index in [1.54, 1.807) is 0 Å². The Kier molecular flexibility index (Phi) is 8.55. The number of hydrogen-bond donors (Lipinski definition) is 2. The molecule has 1 aliphatic rings. The molecular formula is C17H26O6. The largest absolute Gasteiger partial charge is 0.481 e. The zero-order valence-corrected chi connectivity index (χ0v) is 13.7. The molecule has 0 heterocycles. The highest BCUT2D eigenvalue weighted by Crippen LogP contribution is 2.35. The van der Waals surface area contributed by atoms with Crippen molar-refractivity contribution in [1.29, 1.82) is 0 Å². The van der Waals surface area contributed by atoms with Gasteiger partial charge in [0.05, 0.1) is 13.0 Å². The van der Waals surface area contributed by atoms with Crippen LogP contribution in [0.1, 0.15) is 58.3 Å². The number of carboxylic acids is 2. The van der Waals surface area contributed by atoms with E-state index >= 15 is 0 Å². The first-order valence-corrected chi connectivity index (χ1v) is 8.22. The number of Topliss-reactive ketones (excluding diaryl/α,β-unsaturated/α-hetero) is 1. The van der Waals surface area contributed by atoms with Crippen molar-refractivity contribution >= 4 is 17.7 Å². The summed E-state index contributed by atoms with van der Waals surface area (Å²) in [7, 11) is 0. The van der Waals surface area contributed by atoms with E-state index < -0.39 is 18.4 Å². The van der Waals surface area contributed by atoms with Crippen molar-refractivity contribution in [3.63, 3.8) is 0 Å². The van der Waals surface area contributed by atoms with Crippen LogP contribution in [0.3, 0.4) is 0 Å². The Hall–Kier alpha value is -1.69. The van der Waals surface area contributed by atoms with Crippen LogP contribution in [0.25, 0.3) is 0 Å². The lowest BCUT2D eigenvalue weighted by molar-refractivity contribution is -0.139. The van der Waals surface area contributed by atoms with Gasteiger partial charge in [0.15, 0.2) is 0 Å². The maximum atomic E-state index is 12.1. The maximum absolute atomic E-state index is 12.1. The Morgan fingerprint density at radius 2 is 1.70 bits per heavy atom. The minimum absolute atomic E-state index is 0.0148. The van der Waals surface area contributed by atoms with Gasteiger partial charge in [0, 0.05) is 25.0 Å². The van der Waals surface area contributed by atoms with Crippen LogP contribution in [-0.2, 0) is 19.1 Å². The van der Waals surface area contributed by atoms with E-state index in [2.05, 4.69) is 0 Å². The van der Waals surface area contributed by atoms with Gasteiger partial charge in [-0.1, -0.05) is 19.8 Å². The lowest BCUT2D eigenvalue weighted by Crippen LogP contribution is -2.17. The molecule has 23 heavy (non-hydrogen) atoms. The summed E-state index contributed by atoms with van der Waals surface area (Å²) in [6.07, 6.45) is 4.22. The topological polar surface area (TPSA) is 101 Å². The second-order valence-corrected chi connectivity index (χ2v) is 5.94. The molecule has 0 aromatic carbocycles. The quantitative estimate of drug-likeness (QED) is 0.447. The fourth-order valence-corrected chi connectivity index (χ4v) is 2.98. The van der Waals surface area contributed by atoms with Crippen molar-refractivity contribution in [2.24, 2.45) is 5.92 Å². The molecule has 6 nitrogen and oxygen atoms in total. The molecule has 1 rings (SSSR count). The number of aliphatic carboxylic acids is 2. The van der Waals surface area contributed by atoms with Crippen molar-refractivity contribution in [3.8, 4) is 0 Å². The fraction of sp³-hybridized carbons (Fsp3) is 0.706. The molecule has 130 valence electrons. The molecule has 1 fully saturated rings. The van der Waals surface area contributed by atoms with Gasteiger partial charge in [-0.05, 0) is 30.8 Å². The monoisotopic (exact) mass is 326 g/mol. The number of ketones is 1. The van der Waals surface area contributed by atoms with E-state index in [9.17, 15) is 19.5 Å². The van der Waals surface area contributed by atoms with Crippen LogP contribution in [0.5, 0.6) is 0 Å². The number of allylic oxidation sites excluding steroid dienone is 1. The minimum atomic E-state index is -1.23. The van der Waals surface area contributed by atoms with Crippen molar-refractivity contribution in [3.05, 3.63) is 11.1 Å². The predicted molar refractivity (Wildman–Crippen MR) is 84.2 cm³/mol. The lowest BCUT2D eigenvalue weighted by atomic mass is 9.87. The molecular weight excluding hydrogens is 300 g/mol. The highest BCUT2D eigenvalue weighted by molar-refractivity contribution is 5.94. The third-order valence-corrected chi connectivity index (χ3v) is 4.08. The van der Waals surface area contributed by atoms with E-state index in [1.807, 2.05) is 6.92 Å². The van der Waals surface area contributed by atoms with Gasteiger partial charge in [-0.15, -0.1) is 0 Å². The molecule has 2 N–H and O–H groups in total. The molecule has 1 saturated carbocycles. The highest BCUT2D eigenvalue weighted by Gasteiger charge is 2.27. The number of carboxylic acid groups (broad SMARTS) is 2. The average Bonchev–Trinajstić information content (AvgIpc) is 3.01. The normalized spacial score (nSPS) is 16.2. The summed E-state index contributed by atoms with van der Waals surface area (Å²) in [5.74, 6) is -2.49. The molecule has 0 bridgehead atoms. The van der Waals surface area contributed by atoms with Crippen LogP contribution >= 0.6 is 0 Å². The summed E-state index contributed by atoms with van der Waals surface area (Å²) in [5.41, 5.74) is 0.394. The Bertz CT molecular complexity index is 460. The van der Waals surface area contributed by atoms with Crippen LogP contribution in [-0.4, -0.2) is 41.1 Å². The maximum Gasteiger partial charge on any atom is 0.332 e. The number of ether oxygens (including phenoxy) is 1. The van der Waals surface area contributed by atoms with E-state index in [0.717, 1.165) is 32.1 Å². The van der Waals surface area contributed by atoms with Crippen LogP contribution in [0.2, 0.25) is 0 Å². The minimum Gasteiger partial charge on any atom is -0.481 e. The van der Waals surface area contributed by atoms with Crippen LogP contribution in [0, 0.1) is 5.92 Å². The van der Waals surface area contributed by atoms with Crippen molar-refractivity contribution in [1.82, 2.24) is 0 Å². The van der Waals surface area contributed by atoms with Gasteiger partial charge < -0.3 is 14.9 Å². The zero-order valence-electron chi connectivity index (χ0n) is 13.7. The summed E-state index contributed by atoms with van der Waals surface area (Å²) in [6.45, 7) is 2.90. The second kappa shape index (κ2) is 10.2. The van der Waals surface area contributed by atoms with Crippen LogP contribution < -0.4 is 0 Å². The number of carbonyl (C=O) groups is 3. The molecule has 0 radical (unpaired) electrons. The SMILES string of the molecule is CCCOCCC(=O)CC(=C(CC(=O)O)C(=O)O)C1CCCC1. The van der Waals surface area contributed by atoms with Gasteiger partial charge in [-0.3, -0.25) is 9.59 Å². The molecule has 0 amide bonds. The Labute approximate surface area is 136 Å². The van der Waals surface area contributed by atoms with Crippen LogP contribution in [0.4, 0.5) is 0 Å². The van der Waals surface area contributed by atoms with E-state index in [0.29, 0.717) is 18.8 Å². The van der Waals surface area contributed by atoms with E-state index in [-0.39, 0.29) is 30.1 Å². The first-order chi connectivity index (χ1) is 11.0. The van der Waals surface area contributed by atoms with E-state index in [4.69, 9.17) is 9.84 Å². The molecule has 0 spiro atoms. The lowest BCUT2D eigenvalue weighted by Gasteiger charge is -2.17. The highest BCUT2D eigenvalue weighted by atomic mass is 16.5. The molecule has 6 heteroatoms. The third kappa shape index (κ3) is 6.95. The zero-order chi connectivity index (χ0) is 17.2. The number of rotatable bonds is 11. The fourth-order valence-electron chi connectivity index (χ4n) is 2.98. The molecule has 0 atom stereocenters. The number of carbonyl (C=O) groups excluding carboxylic acids is 1. The van der Waals surface area contributed by atoms with Gasteiger partial charge in [-0.25, -0.2) is 4.79 Å².